The van der Waals surface area contributed by atoms with E-state index in [4.69, 9.17) is 16.7 Å². The highest BCUT2D eigenvalue weighted by Gasteiger charge is 2.24. The van der Waals surface area contributed by atoms with Gasteiger partial charge in [-0.15, -0.1) is 0 Å². The van der Waals surface area contributed by atoms with Gasteiger partial charge in [-0.2, -0.15) is 16.5 Å². The van der Waals surface area contributed by atoms with Crippen LogP contribution in [-0.4, -0.2) is 37.0 Å². The van der Waals surface area contributed by atoms with Crippen LogP contribution in [0.15, 0.2) is 29.2 Å². The van der Waals surface area contributed by atoms with Crippen LogP contribution in [0.5, 0.6) is 0 Å². The van der Waals surface area contributed by atoms with E-state index >= 15 is 0 Å². The molecule has 1 aromatic rings. The summed E-state index contributed by atoms with van der Waals surface area (Å²) in [4.78, 5) is 11.1. The molecule has 0 bridgehead atoms. The molecule has 0 saturated heterocycles. The average Bonchev–Trinajstić information content (AvgIpc) is 2.38. The van der Waals surface area contributed by atoms with Gasteiger partial charge in [-0.3, -0.25) is 4.79 Å². The summed E-state index contributed by atoms with van der Waals surface area (Å²) in [5.41, 5.74) is 0. The van der Waals surface area contributed by atoms with Gasteiger partial charge in [0.1, 0.15) is 6.04 Å². The summed E-state index contributed by atoms with van der Waals surface area (Å²) in [5, 5.41) is 9.48. The number of carboxylic acids is 1. The fraction of sp³-hybridized carbons (Fsp3) is 0.417. The van der Waals surface area contributed by atoms with Crippen molar-refractivity contribution in [2.45, 2.75) is 24.3 Å². The minimum atomic E-state index is -3.86. The van der Waals surface area contributed by atoms with Crippen molar-refractivity contribution in [2.75, 3.05) is 11.5 Å². The molecule has 8 heteroatoms. The molecule has 0 heterocycles. The first-order valence-electron chi connectivity index (χ1n) is 5.95. The van der Waals surface area contributed by atoms with Crippen LogP contribution in [0, 0.1) is 0 Å². The van der Waals surface area contributed by atoms with Gasteiger partial charge in [0, 0.05) is 5.02 Å². The van der Waals surface area contributed by atoms with E-state index in [9.17, 15) is 13.2 Å². The van der Waals surface area contributed by atoms with E-state index in [1.807, 2.05) is 6.92 Å². The second-order valence-corrected chi connectivity index (χ2v) is 7.50. The van der Waals surface area contributed by atoms with Gasteiger partial charge in [0.15, 0.2) is 0 Å². The molecule has 1 atom stereocenters. The van der Waals surface area contributed by atoms with Crippen molar-refractivity contribution < 1.29 is 18.3 Å². The van der Waals surface area contributed by atoms with Crippen LogP contribution in [0.4, 0.5) is 0 Å². The molecule has 0 aromatic heterocycles. The topological polar surface area (TPSA) is 83.5 Å². The van der Waals surface area contributed by atoms with Crippen molar-refractivity contribution in [3.05, 3.63) is 29.3 Å². The Hall–Kier alpha value is -0.760. The highest BCUT2D eigenvalue weighted by molar-refractivity contribution is 7.99. The Labute approximate surface area is 127 Å². The normalized spacial score (nSPS) is 13.1. The zero-order chi connectivity index (χ0) is 15.2. The number of thioether (sulfide) groups is 1. The highest BCUT2D eigenvalue weighted by atomic mass is 35.5. The summed E-state index contributed by atoms with van der Waals surface area (Å²) in [6.07, 6.45) is 0.237. The molecule has 0 aliphatic heterocycles. The Balaban J connectivity index is 2.80. The summed E-state index contributed by atoms with van der Waals surface area (Å²) in [7, 11) is -3.86. The molecule has 0 fully saturated rings. The summed E-state index contributed by atoms with van der Waals surface area (Å²) < 4.78 is 26.3. The van der Waals surface area contributed by atoms with Crippen molar-refractivity contribution in [2.24, 2.45) is 0 Å². The lowest BCUT2D eigenvalue weighted by molar-refractivity contribution is -0.139. The van der Waals surface area contributed by atoms with Crippen LogP contribution < -0.4 is 4.72 Å². The van der Waals surface area contributed by atoms with Crippen LogP contribution in [0.1, 0.15) is 13.3 Å². The minimum Gasteiger partial charge on any atom is -0.480 e. The first-order valence-corrected chi connectivity index (χ1v) is 8.97. The molecule has 0 amide bonds. The molecule has 5 nitrogen and oxygen atoms in total. The molecule has 0 aliphatic carbocycles. The number of benzene rings is 1. The second kappa shape index (κ2) is 7.87. The Morgan fingerprint density at radius 2 is 2.00 bits per heavy atom. The lowest BCUT2D eigenvalue weighted by atomic mass is 10.2. The molecule has 0 saturated carbocycles. The molecule has 0 spiro atoms. The van der Waals surface area contributed by atoms with E-state index in [2.05, 4.69) is 4.72 Å². The van der Waals surface area contributed by atoms with Crippen LogP contribution in [0.3, 0.4) is 0 Å². The first kappa shape index (κ1) is 17.3. The third-order valence-electron chi connectivity index (χ3n) is 2.47. The van der Waals surface area contributed by atoms with Gasteiger partial charge in [0.05, 0.1) is 4.90 Å². The Morgan fingerprint density at radius 3 is 2.50 bits per heavy atom. The number of carboxylic acid groups (broad SMARTS) is 1. The molecule has 1 rings (SSSR count). The number of aliphatic carboxylic acids is 1. The molecule has 0 radical (unpaired) electrons. The lowest BCUT2D eigenvalue weighted by Gasteiger charge is -2.14. The quantitative estimate of drug-likeness (QED) is 0.711. The molecular formula is C12H16ClNO4S2. The van der Waals surface area contributed by atoms with E-state index in [0.717, 1.165) is 5.75 Å². The van der Waals surface area contributed by atoms with E-state index in [1.165, 1.54) is 24.3 Å². The summed E-state index contributed by atoms with van der Waals surface area (Å²) >= 11 is 7.25. The predicted octanol–water partition coefficient (Wildman–Crippen LogP) is 2.21. The molecule has 20 heavy (non-hydrogen) atoms. The van der Waals surface area contributed by atoms with Gasteiger partial charge in [-0.25, -0.2) is 8.42 Å². The summed E-state index contributed by atoms with van der Waals surface area (Å²) in [5.74, 6) is 0.256. The fourth-order valence-electron chi connectivity index (χ4n) is 1.45. The Bertz CT molecular complexity index is 545. The standard InChI is InChI=1S/C12H16ClNO4S2/c1-2-19-8-7-11(12(15)16)14-20(17,18)10-5-3-9(13)4-6-10/h3-6,11,14H,2,7-8H2,1H3,(H,15,16). The van der Waals surface area contributed by atoms with Gasteiger partial charge in [0.2, 0.25) is 10.0 Å². The number of rotatable bonds is 8. The molecule has 112 valence electrons. The van der Waals surface area contributed by atoms with Crippen molar-refractivity contribution in [1.82, 2.24) is 4.72 Å². The van der Waals surface area contributed by atoms with E-state index in [1.54, 1.807) is 11.8 Å². The number of hydrogen-bond donors (Lipinski definition) is 2. The van der Waals surface area contributed by atoms with Crippen molar-refractivity contribution in [1.29, 1.82) is 0 Å². The maximum atomic E-state index is 12.1. The third kappa shape index (κ3) is 5.32. The zero-order valence-corrected chi connectivity index (χ0v) is 13.3. The summed E-state index contributed by atoms with van der Waals surface area (Å²) in [6.45, 7) is 1.96. The monoisotopic (exact) mass is 337 g/mol. The predicted molar refractivity (Wildman–Crippen MR) is 80.8 cm³/mol. The Morgan fingerprint density at radius 1 is 1.40 bits per heavy atom. The molecule has 0 aliphatic rings. The van der Waals surface area contributed by atoms with E-state index in [0.29, 0.717) is 10.8 Å². The zero-order valence-electron chi connectivity index (χ0n) is 10.9. The van der Waals surface area contributed by atoms with Crippen LogP contribution in [-0.2, 0) is 14.8 Å². The van der Waals surface area contributed by atoms with Crippen molar-refractivity contribution in [3.63, 3.8) is 0 Å². The van der Waals surface area contributed by atoms with E-state index < -0.39 is 22.0 Å². The van der Waals surface area contributed by atoms with Gasteiger partial charge < -0.3 is 5.11 Å². The van der Waals surface area contributed by atoms with Crippen molar-refractivity contribution >= 4 is 39.4 Å². The number of hydrogen-bond acceptors (Lipinski definition) is 4. The largest absolute Gasteiger partial charge is 0.480 e. The molecule has 2 N–H and O–H groups in total. The lowest BCUT2D eigenvalue weighted by Crippen LogP contribution is -2.41. The number of nitrogens with one attached hydrogen (secondary N) is 1. The van der Waals surface area contributed by atoms with Crippen molar-refractivity contribution in [3.8, 4) is 0 Å². The molecular weight excluding hydrogens is 322 g/mol. The SMILES string of the molecule is CCSCCC(NS(=O)(=O)c1ccc(Cl)cc1)C(=O)O. The van der Waals surface area contributed by atoms with E-state index in [-0.39, 0.29) is 11.3 Å². The van der Waals surface area contributed by atoms with Crippen LogP contribution in [0.2, 0.25) is 5.02 Å². The van der Waals surface area contributed by atoms with Gasteiger partial charge in [-0.1, -0.05) is 18.5 Å². The van der Waals surface area contributed by atoms with Gasteiger partial charge in [0.25, 0.3) is 0 Å². The third-order valence-corrected chi connectivity index (χ3v) is 5.15. The summed E-state index contributed by atoms with van der Waals surface area (Å²) in [6, 6.07) is 4.43. The second-order valence-electron chi connectivity index (χ2n) is 3.95. The maximum Gasteiger partial charge on any atom is 0.321 e. The Kier molecular flexibility index (Phi) is 6.81. The average molecular weight is 338 g/mol. The van der Waals surface area contributed by atoms with Crippen LogP contribution >= 0.6 is 23.4 Å². The van der Waals surface area contributed by atoms with Gasteiger partial charge in [-0.05, 0) is 42.2 Å². The first-order chi connectivity index (χ1) is 9.36. The van der Waals surface area contributed by atoms with Gasteiger partial charge >= 0.3 is 5.97 Å². The highest BCUT2D eigenvalue weighted by Crippen LogP contribution is 2.15. The fourth-order valence-corrected chi connectivity index (χ4v) is 3.49. The number of sulfonamides is 1. The molecule has 1 aromatic carbocycles. The number of halogens is 1. The number of carbonyl (C=O) groups is 1. The molecule has 1 unspecified atom stereocenters. The minimum absolute atomic E-state index is 0.00343. The smallest absolute Gasteiger partial charge is 0.321 e. The van der Waals surface area contributed by atoms with Crippen LogP contribution in [0.25, 0.3) is 0 Å². The maximum absolute atomic E-state index is 12.1.